The van der Waals surface area contributed by atoms with Gasteiger partial charge in [0, 0.05) is 12.5 Å². The van der Waals surface area contributed by atoms with Crippen LogP contribution in [-0.4, -0.2) is 18.5 Å². The van der Waals surface area contributed by atoms with Crippen LogP contribution in [0.4, 0.5) is 0 Å². The molecule has 3 heteroatoms. The Labute approximate surface area is 116 Å². The molecule has 0 radical (unpaired) electrons. The second kappa shape index (κ2) is 7.95. The molecule has 0 saturated carbocycles. The summed E-state index contributed by atoms with van der Waals surface area (Å²) >= 11 is 0. The number of aryl methyl sites for hydroxylation is 1. The molecule has 0 aliphatic rings. The predicted molar refractivity (Wildman–Crippen MR) is 80.1 cm³/mol. The maximum Gasteiger partial charge on any atom is 0.222 e. The van der Waals surface area contributed by atoms with E-state index in [1.54, 1.807) is 0 Å². The van der Waals surface area contributed by atoms with Gasteiger partial charge in [0.2, 0.25) is 5.91 Å². The molecule has 0 spiro atoms. The van der Waals surface area contributed by atoms with Gasteiger partial charge in [-0.2, -0.15) is 0 Å². The summed E-state index contributed by atoms with van der Waals surface area (Å²) < 4.78 is 0. The number of benzene rings is 1. The Kier molecular flexibility index (Phi) is 6.57. The summed E-state index contributed by atoms with van der Waals surface area (Å²) in [7, 11) is 0. The largest absolute Gasteiger partial charge is 0.349 e. The number of hydrogen-bond donors (Lipinski definition) is 2. The highest BCUT2D eigenvalue weighted by molar-refractivity contribution is 5.77. The van der Waals surface area contributed by atoms with Crippen molar-refractivity contribution in [3.05, 3.63) is 35.4 Å². The standard InChI is InChI=1S/C16H26N2O/c1-5-15(14-9-7-12(3)8-10-14)18-16(19)11-13(4)17-6-2/h7-10,13,15,17H,5-6,11H2,1-4H3,(H,18,19). The predicted octanol–water partition coefficient (Wildman–Crippen LogP) is 2.95. The molecule has 1 rings (SSSR count). The van der Waals surface area contributed by atoms with Crippen LogP contribution in [-0.2, 0) is 4.79 Å². The topological polar surface area (TPSA) is 41.1 Å². The summed E-state index contributed by atoms with van der Waals surface area (Å²) in [6.45, 7) is 9.15. The molecule has 1 aromatic carbocycles. The minimum Gasteiger partial charge on any atom is -0.349 e. The van der Waals surface area contributed by atoms with E-state index in [1.165, 1.54) is 11.1 Å². The van der Waals surface area contributed by atoms with E-state index in [-0.39, 0.29) is 18.0 Å². The van der Waals surface area contributed by atoms with Crippen molar-refractivity contribution in [3.63, 3.8) is 0 Å². The molecule has 1 amide bonds. The van der Waals surface area contributed by atoms with Crippen molar-refractivity contribution in [1.29, 1.82) is 0 Å². The number of carbonyl (C=O) groups is 1. The zero-order valence-electron chi connectivity index (χ0n) is 12.5. The maximum absolute atomic E-state index is 12.0. The van der Waals surface area contributed by atoms with Crippen LogP contribution in [0.3, 0.4) is 0 Å². The average Bonchev–Trinajstić information content (AvgIpc) is 2.37. The molecule has 1 aromatic rings. The lowest BCUT2D eigenvalue weighted by Gasteiger charge is -2.19. The van der Waals surface area contributed by atoms with Gasteiger partial charge in [0.15, 0.2) is 0 Å². The molecular formula is C16H26N2O. The van der Waals surface area contributed by atoms with Gasteiger partial charge in [-0.3, -0.25) is 4.79 Å². The van der Waals surface area contributed by atoms with Crippen molar-refractivity contribution in [2.75, 3.05) is 6.54 Å². The molecule has 19 heavy (non-hydrogen) atoms. The van der Waals surface area contributed by atoms with Crippen molar-refractivity contribution in [3.8, 4) is 0 Å². The first-order chi connectivity index (χ1) is 9.06. The van der Waals surface area contributed by atoms with Crippen molar-refractivity contribution < 1.29 is 4.79 Å². The van der Waals surface area contributed by atoms with Crippen LogP contribution in [0.5, 0.6) is 0 Å². The molecule has 0 aliphatic heterocycles. The van der Waals surface area contributed by atoms with E-state index in [1.807, 2.05) is 6.92 Å². The first-order valence-corrected chi connectivity index (χ1v) is 7.16. The zero-order valence-corrected chi connectivity index (χ0v) is 12.5. The first kappa shape index (κ1) is 15.7. The highest BCUT2D eigenvalue weighted by Gasteiger charge is 2.14. The Hall–Kier alpha value is -1.35. The molecule has 2 unspecified atom stereocenters. The van der Waals surface area contributed by atoms with E-state index in [2.05, 4.69) is 55.7 Å². The van der Waals surface area contributed by atoms with Crippen molar-refractivity contribution in [2.24, 2.45) is 0 Å². The molecule has 3 nitrogen and oxygen atoms in total. The average molecular weight is 262 g/mol. The molecule has 0 heterocycles. The van der Waals surface area contributed by atoms with Crippen LogP contribution in [0.2, 0.25) is 0 Å². The van der Waals surface area contributed by atoms with Gasteiger partial charge in [-0.25, -0.2) is 0 Å². The Bertz CT molecular complexity index is 386. The molecule has 0 aromatic heterocycles. The van der Waals surface area contributed by atoms with E-state index in [0.717, 1.165) is 13.0 Å². The lowest BCUT2D eigenvalue weighted by Crippen LogP contribution is -2.35. The van der Waals surface area contributed by atoms with Crippen LogP contribution < -0.4 is 10.6 Å². The normalized spacial score (nSPS) is 13.9. The van der Waals surface area contributed by atoms with Crippen LogP contribution in [0.25, 0.3) is 0 Å². The van der Waals surface area contributed by atoms with Gasteiger partial charge < -0.3 is 10.6 Å². The summed E-state index contributed by atoms with van der Waals surface area (Å²) in [6.07, 6.45) is 1.43. The third-order valence-corrected chi connectivity index (χ3v) is 3.27. The van der Waals surface area contributed by atoms with E-state index < -0.39 is 0 Å². The lowest BCUT2D eigenvalue weighted by atomic mass is 10.0. The summed E-state index contributed by atoms with van der Waals surface area (Å²) in [5.74, 6) is 0.112. The minimum atomic E-state index is 0.112. The quantitative estimate of drug-likeness (QED) is 0.793. The smallest absolute Gasteiger partial charge is 0.222 e. The second-order valence-corrected chi connectivity index (χ2v) is 5.10. The minimum absolute atomic E-state index is 0.112. The summed E-state index contributed by atoms with van der Waals surface area (Å²) in [4.78, 5) is 12.0. The SMILES string of the molecule is CCNC(C)CC(=O)NC(CC)c1ccc(C)cc1. The van der Waals surface area contributed by atoms with E-state index >= 15 is 0 Å². The zero-order chi connectivity index (χ0) is 14.3. The fourth-order valence-corrected chi connectivity index (χ4v) is 2.17. The summed E-state index contributed by atoms with van der Waals surface area (Å²) in [5.41, 5.74) is 2.42. The van der Waals surface area contributed by atoms with Gasteiger partial charge in [-0.05, 0) is 32.4 Å². The Morgan fingerprint density at radius 1 is 1.21 bits per heavy atom. The van der Waals surface area contributed by atoms with E-state index in [4.69, 9.17) is 0 Å². The number of hydrogen-bond acceptors (Lipinski definition) is 2. The van der Waals surface area contributed by atoms with Gasteiger partial charge in [0.1, 0.15) is 0 Å². The Morgan fingerprint density at radius 2 is 1.84 bits per heavy atom. The van der Waals surface area contributed by atoms with Crippen LogP contribution in [0.15, 0.2) is 24.3 Å². The third-order valence-electron chi connectivity index (χ3n) is 3.27. The highest BCUT2D eigenvalue weighted by Crippen LogP contribution is 2.17. The Morgan fingerprint density at radius 3 is 2.37 bits per heavy atom. The van der Waals surface area contributed by atoms with Crippen LogP contribution >= 0.6 is 0 Å². The van der Waals surface area contributed by atoms with Gasteiger partial charge in [-0.15, -0.1) is 0 Å². The number of carbonyl (C=O) groups excluding carboxylic acids is 1. The molecular weight excluding hydrogens is 236 g/mol. The van der Waals surface area contributed by atoms with Crippen molar-refractivity contribution >= 4 is 5.91 Å². The molecule has 0 bridgehead atoms. The molecule has 2 atom stereocenters. The van der Waals surface area contributed by atoms with Crippen molar-refractivity contribution in [1.82, 2.24) is 10.6 Å². The highest BCUT2D eigenvalue weighted by atomic mass is 16.1. The number of amides is 1. The fraction of sp³-hybridized carbons (Fsp3) is 0.562. The molecule has 0 aliphatic carbocycles. The summed E-state index contributed by atoms with van der Waals surface area (Å²) in [6, 6.07) is 8.70. The second-order valence-electron chi connectivity index (χ2n) is 5.10. The van der Waals surface area contributed by atoms with Gasteiger partial charge in [0.05, 0.1) is 6.04 Å². The van der Waals surface area contributed by atoms with Gasteiger partial charge >= 0.3 is 0 Å². The first-order valence-electron chi connectivity index (χ1n) is 7.16. The van der Waals surface area contributed by atoms with E-state index in [9.17, 15) is 4.79 Å². The third kappa shape index (κ3) is 5.43. The van der Waals surface area contributed by atoms with Gasteiger partial charge in [0.25, 0.3) is 0 Å². The van der Waals surface area contributed by atoms with Crippen molar-refractivity contribution in [2.45, 2.75) is 52.6 Å². The maximum atomic E-state index is 12.0. The van der Waals surface area contributed by atoms with Crippen LogP contribution in [0, 0.1) is 6.92 Å². The van der Waals surface area contributed by atoms with Gasteiger partial charge in [-0.1, -0.05) is 43.7 Å². The fourth-order valence-electron chi connectivity index (χ4n) is 2.17. The lowest BCUT2D eigenvalue weighted by molar-refractivity contribution is -0.122. The molecule has 106 valence electrons. The van der Waals surface area contributed by atoms with E-state index in [0.29, 0.717) is 6.42 Å². The molecule has 0 saturated heterocycles. The molecule has 2 N–H and O–H groups in total. The van der Waals surface area contributed by atoms with Crippen LogP contribution in [0.1, 0.15) is 50.8 Å². The summed E-state index contributed by atoms with van der Waals surface area (Å²) in [5, 5.41) is 6.37. The molecule has 0 fully saturated rings. The Balaban J connectivity index is 2.56. The monoisotopic (exact) mass is 262 g/mol. The number of rotatable bonds is 7. The number of nitrogens with one attached hydrogen (secondary N) is 2.